The van der Waals surface area contributed by atoms with E-state index in [9.17, 15) is 4.79 Å². The Labute approximate surface area is 143 Å². The minimum atomic E-state index is -0.0211. The van der Waals surface area contributed by atoms with Gasteiger partial charge < -0.3 is 10.6 Å². The fourth-order valence-corrected chi connectivity index (χ4v) is 3.03. The van der Waals surface area contributed by atoms with Crippen LogP contribution in [0.15, 0.2) is 60.7 Å². The molecule has 0 spiro atoms. The zero-order chi connectivity index (χ0) is 15.2. The van der Waals surface area contributed by atoms with Crippen LogP contribution in [0.1, 0.15) is 29.9 Å². The smallest absolute Gasteiger partial charge is 0.237 e. The molecule has 3 nitrogen and oxygen atoms in total. The number of carbonyl (C=O) groups excluding carboxylic acids is 1. The number of hydrogen-bond acceptors (Lipinski definition) is 2. The number of nitrogens with one attached hydrogen (secondary N) is 2. The van der Waals surface area contributed by atoms with Gasteiger partial charge in [-0.3, -0.25) is 4.79 Å². The van der Waals surface area contributed by atoms with E-state index in [0.717, 1.165) is 19.4 Å². The predicted molar refractivity (Wildman–Crippen MR) is 96.0 cm³/mol. The molecule has 23 heavy (non-hydrogen) atoms. The number of carbonyl (C=O) groups is 1. The van der Waals surface area contributed by atoms with Gasteiger partial charge in [0.2, 0.25) is 5.91 Å². The van der Waals surface area contributed by atoms with Crippen molar-refractivity contribution in [2.75, 3.05) is 13.1 Å². The molecule has 1 amide bonds. The van der Waals surface area contributed by atoms with Gasteiger partial charge in [0.1, 0.15) is 0 Å². The highest BCUT2D eigenvalue weighted by molar-refractivity contribution is 5.85. The van der Waals surface area contributed by atoms with Gasteiger partial charge in [0.05, 0.1) is 6.04 Å². The summed E-state index contributed by atoms with van der Waals surface area (Å²) >= 11 is 0. The molecule has 0 saturated carbocycles. The van der Waals surface area contributed by atoms with Crippen molar-refractivity contribution in [3.63, 3.8) is 0 Å². The first-order valence-electron chi connectivity index (χ1n) is 7.95. The molecular weight excluding hydrogens is 308 g/mol. The summed E-state index contributed by atoms with van der Waals surface area (Å²) < 4.78 is 0. The van der Waals surface area contributed by atoms with Crippen LogP contribution in [0, 0.1) is 0 Å². The second-order valence-corrected chi connectivity index (χ2v) is 5.77. The molecule has 1 fully saturated rings. The topological polar surface area (TPSA) is 41.1 Å². The minimum absolute atomic E-state index is 0. The zero-order valence-corrected chi connectivity index (χ0v) is 13.9. The molecular formula is C19H23ClN2O. The van der Waals surface area contributed by atoms with Crippen molar-refractivity contribution in [3.8, 4) is 0 Å². The summed E-state index contributed by atoms with van der Waals surface area (Å²) in [5, 5.41) is 6.37. The van der Waals surface area contributed by atoms with E-state index in [0.29, 0.717) is 6.54 Å². The molecule has 1 saturated heterocycles. The molecule has 1 aliphatic heterocycles. The monoisotopic (exact) mass is 330 g/mol. The summed E-state index contributed by atoms with van der Waals surface area (Å²) in [6, 6.07) is 20.7. The van der Waals surface area contributed by atoms with Crippen molar-refractivity contribution in [1.82, 2.24) is 10.6 Å². The van der Waals surface area contributed by atoms with Gasteiger partial charge >= 0.3 is 0 Å². The lowest BCUT2D eigenvalue weighted by atomic mass is 9.91. The van der Waals surface area contributed by atoms with E-state index in [2.05, 4.69) is 34.9 Å². The second kappa shape index (κ2) is 8.70. The maximum Gasteiger partial charge on any atom is 0.237 e. The molecule has 2 aromatic carbocycles. The van der Waals surface area contributed by atoms with Gasteiger partial charge in [-0.15, -0.1) is 12.4 Å². The number of rotatable bonds is 5. The fraction of sp³-hybridized carbons (Fsp3) is 0.316. The Balaban J connectivity index is 0.00000192. The van der Waals surface area contributed by atoms with Crippen molar-refractivity contribution < 1.29 is 4.79 Å². The van der Waals surface area contributed by atoms with Crippen LogP contribution in [0.5, 0.6) is 0 Å². The molecule has 122 valence electrons. The number of benzene rings is 2. The van der Waals surface area contributed by atoms with Crippen molar-refractivity contribution in [2.45, 2.75) is 24.8 Å². The molecule has 1 aliphatic rings. The first-order valence-corrected chi connectivity index (χ1v) is 7.95. The number of hydrogen-bond donors (Lipinski definition) is 2. The van der Waals surface area contributed by atoms with Gasteiger partial charge in [-0.25, -0.2) is 0 Å². The van der Waals surface area contributed by atoms with E-state index in [-0.39, 0.29) is 30.3 Å². The molecule has 3 rings (SSSR count). The highest BCUT2D eigenvalue weighted by atomic mass is 35.5. The van der Waals surface area contributed by atoms with Crippen LogP contribution in [0.25, 0.3) is 0 Å². The van der Waals surface area contributed by atoms with Crippen LogP contribution in [0.3, 0.4) is 0 Å². The van der Waals surface area contributed by atoms with Gasteiger partial charge in [0, 0.05) is 12.5 Å². The van der Waals surface area contributed by atoms with Crippen LogP contribution < -0.4 is 10.6 Å². The van der Waals surface area contributed by atoms with E-state index in [1.807, 2.05) is 36.4 Å². The van der Waals surface area contributed by atoms with Crippen LogP contribution >= 0.6 is 12.4 Å². The standard InChI is InChI=1S/C19H22N2O.ClH/c22-19(18-12-7-13-20-18)21-14-17(15-8-3-1-4-9-15)16-10-5-2-6-11-16;/h1-6,8-11,17-18,20H,7,12-14H2,(H,21,22);1H. The number of amides is 1. The van der Waals surface area contributed by atoms with E-state index < -0.39 is 0 Å². The third kappa shape index (κ3) is 4.57. The van der Waals surface area contributed by atoms with E-state index >= 15 is 0 Å². The molecule has 2 aromatic rings. The van der Waals surface area contributed by atoms with Crippen LogP contribution in [-0.2, 0) is 4.79 Å². The molecule has 1 atom stereocenters. The van der Waals surface area contributed by atoms with E-state index in [1.165, 1.54) is 11.1 Å². The van der Waals surface area contributed by atoms with Crippen molar-refractivity contribution in [1.29, 1.82) is 0 Å². The summed E-state index contributed by atoms with van der Waals surface area (Å²) in [7, 11) is 0. The molecule has 0 aromatic heterocycles. The molecule has 0 aliphatic carbocycles. The van der Waals surface area contributed by atoms with Crippen LogP contribution in [0.2, 0.25) is 0 Å². The lowest BCUT2D eigenvalue weighted by molar-refractivity contribution is -0.122. The number of halogens is 1. The van der Waals surface area contributed by atoms with E-state index in [4.69, 9.17) is 0 Å². The Kier molecular flexibility index (Phi) is 6.63. The average molecular weight is 331 g/mol. The van der Waals surface area contributed by atoms with Crippen molar-refractivity contribution in [3.05, 3.63) is 71.8 Å². The maximum absolute atomic E-state index is 12.2. The minimum Gasteiger partial charge on any atom is -0.354 e. The fourth-order valence-electron chi connectivity index (χ4n) is 3.03. The van der Waals surface area contributed by atoms with Gasteiger partial charge in [-0.2, -0.15) is 0 Å². The van der Waals surface area contributed by atoms with Gasteiger partial charge in [0.15, 0.2) is 0 Å². The second-order valence-electron chi connectivity index (χ2n) is 5.77. The summed E-state index contributed by atoms with van der Waals surface area (Å²) in [6.45, 7) is 1.57. The summed E-state index contributed by atoms with van der Waals surface area (Å²) in [5.74, 6) is 0.308. The highest BCUT2D eigenvalue weighted by Gasteiger charge is 2.23. The summed E-state index contributed by atoms with van der Waals surface area (Å²) in [4.78, 5) is 12.2. The Hall–Kier alpha value is -1.84. The average Bonchev–Trinajstić information content (AvgIpc) is 3.11. The normalized spacial score (nSPS) is 16.8. The molecule has 0 radical (unpaired) electrons. The maximum atomic E-state index is 12.2. The Bertz CT molecular complexity index is 558. The van der Waals surface area contributed by atoms with Crippen molar-refractivity contribution in [2.24, 2.45) is 0 Å². The molecule has 2 N–H and O–H groups in total. The van der Waals surface area contributed by atoms with Gasteiger partial charge in [0.25, 0.3) is 0 Å². The van der Waals surface area contributed by atoms with Crippen LogP contribution in [0.4, 0.5) is 0 Å². The lowest BCUT2D eigenvalue weighted by Crippen LogP contribution is -2.42. The van der Waals surface area contributed by atoms with Crippen LogP contribution in [-0.4, -0.2) is 25.0 Å². The first kappa shape index (κ1) is 17.5. The third-order valence-electron chi connectivity index (χ3n) is 4.26. The Morgan fingerprint density at radius 2 is 1.61 bits per heavy atom. The summed E-state index contributed by atoms with van der Waals surface area (Å²) in [6.07, 6.45) is 2.02. The van der Waals surface area contributed by atoms with E-state index in [1.54, 1.807) is 0 Å². The first-order chi connectivity index (χ1) is 10.8. The van der Waals surface area contributed by atoms with Crippen molar-refractivity contribution >= 4 is 18.3 Å². The SMILES string of the molecule is Cl.O=C(NCC(c1ccccc1)c1ccccc1)C1CCCN1. The molecule has 4 heteroatoms. The highest BCUT2D eigenvalue weighted by Crippen LogP contribution is 2.23. The molecule has 1 heterocycles. The lowest BCUT2D eigenvalue weighted by Gasteiger charge is -2.20. The van der Waals surface area contributed by atoms with Gasteiger partial charge in [-0.05, 0) is 30.5 Å². The molecule has 0 bridgehead atoms. The zero-order valence-electron chi connectivity index (χ0n) is 13.1. The third-order valence-corrected chi connectivity index (χ3v) is 4.26. The quantitative estimate of drug-likeness (QED) is 0.884. The molecule has 1 unspecified atom stereocenters. The summed E-state index contributed by atoms with van der Waals surface area (Å²) in [5.41, 5.74) is 2.46. The Morgan fingerprint density at radius 3 is 2.09 bits per heavy atom. The largest absolute Gasteiger partial charge is 0.354 e. The predicted octanol–water partition coefficient (Wildman–Crippen LogP) is 3.11. The Morgan fingerprint density at radius 1 is 1.04 bits per heavy atom. The van der Waals surface area contributed by atoms with Gasteiger partial charge in [-0.1, -0.05) is 60.7 Å².